The largest absolute Gasteiger partial charge is 0.478 e. The van der Waals surface area contributed by atoms with E-state index in [0.717, 1.165) is 30.1 Å². The highest BCUT2D eigenvalue weighted by molar-refractivity contribution is 5.92. The lowest BCUT2D eigenvalue weighted by Crippen LogP contribution is -2.69. The van der Waals surface area contributed by atoms with Gasteiger partial charge in [0.15, 0.2) is 5.60 Å². The zero-order valence-electron chi connectivity index (χ0n) is 18.5. The standard InChI is InChI=1S/C24H28O8/c1-11(2)22-17(31-22)18-24(32-18)21(3)7-6-12-13(10-29-19(12)27)14(21)9-15-23(24,30-15)20(22)28-8-4-5-16(25)26/h4-5,11,14-15,17-18,20H,6-10H2,1-3H3,(H,25,26)/b5-4-/t14-,15-,17-,18-,20+,21-,22-,23+,24+/m0/s1. The van der Waals surface area contributed by atoms with Crippen LogP contribution in [0.4, 0.5) is 0 Å². The Morgan fingerprint density at radius 2 is 2.09 bits per heavy atom. The smallest absolute Gasteiger partial charge is 0.334 e. The Bertz CT molecular complexity index is 1020. The van der Waals surface area contributed by atoms with Crippen LogP contribution in [0.2, 0.25) is 0 Å². The van der Waals surface area contributed by atoms with Gasteiger partial charge in [0.25, 0.3) is 0 Å². The Balaban J connectivity index is 1.30. The van der Waals surface area contributed by atoms with Crippen molar-refractivity contribution in [2.75, 3.05) is 13.2 Å². The molecule has 3 aliphatic carbocycles. The minimum Gasteiger partial charge on any atom is -0.478 e. The SMILES string of the molecule is CC(C)[C@]12O[C@H]1[C@@H]1O[C@]13[C@]1(O[C@H]1C[C@H]1C4=C(CC[C@@]13C)C(=O)OC4)[C@@H]2OC/C=C\C(=O)O. The first-order valence-corrected chi connectivity index (χ1v) is 11.7. The molecule has 0 unspecified atom stereocenters. The second-order valence-corrected chi connectivity index (χ2v) is 11.0. The third-order valence-corrected chi connectivity index (χ3v) is 9.68. The van der Waals surface area contributed by atoms with E-state index in [0.29, 0.717) is 13.0 Å². The highest BCUT2D eigenvalue weighted by Gasteiger charge is 3.00. The molecule has 3 saturated heterocycles. The van der Waals surface area contributed by atoms with Crippen molar-refractivity contribution in [3.8, 4) is 0 Å². The monoisotopic (exact) mass is 444 g/mol. The molecule has 2 saturated carbocycles. The number of carbonyl (C=O) groups excluding carboxylic acids is 1. The minimum atomic E-state index is -0.996. The number of aliphatic carboxylic acids is 1. The fourth-order valence-corrected chi connectivity index (χ4v) is 8.22. The van der Waals surface area contributed by atoms with Crippen molar-refractivity contribution < 1.29 is 38.4 Å². The molecule has 0 aromatic carbocycles. The number of carboxylic acids is 1. The molecule has 5 fully saturated rings. The summed E-state index contributed by atoms with van der Waals surface area (Å²) in [4.78, 5) is 23.2. The number of carboxylic acid groups (broad SMARTS) is 1. The molecule has 4 heterocycles. The van der Waals surface area contributed by atoms with Crippen molar-refractivity contribution in [3.63, 3.8) is 0 Å². The molecule has 2 spiro atoms. The molecule has 7 rings (SSSR count). The van der Waals surface area contributed by atoms with Gasteiger partial charge in [-0.25, -0.2) is 9.59 Å². The summed E-state index contributed by atoms with van der Waals surface area (Å²) in [6.07, 6.45) is 4.51. The van der Waals surface area contributed by atoms with Gasteiger partial charge in [-0.2, -0.15) is 0 Å². The summed E-state index contributed by atoms with van der Waals surface area (Å²) in [6.45, 7) is 7.12. The number of rotatable bonds is 5. The maximum absolute atomic E-state index is 12.2. The first-order chi connectivity index (χ1) is 15.2. The lowest BCUT2D eigenvalue weighted by Gasteiger charge is -2.54. The fourth-order valence-electron chi connectivity index (χ4n) is 8.22. The Kier molecular flexibility index (Phi) is 3.48. The van der Waals surface area contributed by atoms with Gasteiger partial charge in [-0.15, -0.1) is 0 Å². The van der Waals surface area contributed by atoms with Crippen molar-refractivity contribution >= 4 is 11.9 Å². The second-order valence-electron chi connectivity index (χ2n) is 11.0. The van der Waals surface area contributed by atoms with E-state index in [-0.39, 0.29) is 54.2 Å². The van der Waals surface area contributed by atoms with E-state index >= 15 is 0 Å². The summed E-state index contributed by atoms with van der Waals surface area (Å²) in [5.74, 6) is -0.777. The maximum atomic E-state index is 12.2. The lowest BCUT2D eigenvalue weighted by atomic mass is 9.46. The van der Waals surface area contributed by atoms with Crippen LogP contribution in [0, 0.1) is 17.3 Å². The van der Waals surface area contributed by atoms with Crippen LogP contribution in [-0.4, -0.2) is 71.5 Å². The van der Waals surface area contributed by atoms with Crippen LogP contribution in [0.25, 0.3) is 0 Å². The van der Waals surface area contributed by atoms with E-state index in [1.54, 1.807) is 0 Å². The normalized spacial score (nSPS) is 53.6. The van der Waals surface area contributed by atoms with Gasteiger partial charge in [-0.3, -0.25) is 0 Å². The number of carbonyl (C=O) groups is 2. The fraction of sp³-hybridized carbons (Fsp3) is 0.750. The number of cyclic esters (lactones) is 1. The van der Waals surface area contributed by atoms with Crippen molar-refractivity contribution in [1.29, 1.82) is 0 Å². The first kappa shape index (κ1) is 19.7. The van der Waals surface area contributed by atoms with E-state index in [2.05, 4.69) is 20.8 Å². The van der Waals surface area contributed by atoms with Gasteiger partial charge in [0.2, 0.25) is 0 Å². The van der Waals surface area contributed by atoms with Crippen LogP contribution in [0.5, 0.6) is 0 Å². The summed E-state index contributed by atoms with van der Waals surface area (Å²) in [5.41, 5.74) is 0.194. The lowest BCUT2D eigenvalue weighted by molar-refractivity contribution is -0.136. The number of esters is 1. The maximum Gasteiger partial charge on any atom is 0.334 e. The average molecular weight is 444 g/mol. The van der Waals surface area contributed by atoms with Crippen LogP contribution in [-0.2, 0) is 33.3 Å². The predicted octanol–water partition coefficient (Wildman–Crippen LogP) is 1.77. The molecule has 9 atom stereocenters. The summed E-state index contributed by atoms with van der Waals surface area (Å²) in [6, 6.07) is 0. The van der Waals surface area contributed by atoms with Crippen molar-refractivity contribution in [2.24, 2.45) is 17.3 Å². The van der Waals surface area contributed by atoms with Crippen LogP contribution in [0.1, 0.15) is 40.0 Å². The number of epoxide rings is 3. The number of hydrogen-bond donors (Lipinski definition) is 1. The molecule has 7 aliphatic rings. The van der Waals surface area contributed by atoms with Gasteiger partial charge in [-0.1, -0.05) is 26.8 Å². The van der Waals surface area contributed by atoms with Crippen LogP contribution in [0.3, 0.4) is 0 Å². The van der Waals surface area contributed by atoms with Gasteiger partial charge in [-0.05, 0) is 36.7 Å². The molecule has 0 amide bonds. The Hall–Kier alpha value is -1.74. The Morgan fingerprint density at radius 3 is 2.84 bits per heavy atom. The third-order valence-electron chi connectivity index (χ3n) is 9.68. The zero-order valence-corrected chi connectivity index (χ0v) is 18.5. The highest BCUT2D eigenvalue weighted by atomic mass is 16.8. The summed E-state index contributed by atoms with van der Waals surface area (Å²) < 4.78 is 31.5. The second kappa shape index (κ2) is 5.66. The van der Waals surface area contributed by atoms with Crippen molar-refractivity contribution in [1.82, 2.24) is 0 Å². The molecule has 0 radical (unpaired) electrons. The van der Waals surface area contributed by atoms with Gasteiger partial charge in [0.05, 0.1) is 12.7 Å². The van der Waals surface area contributed by atoms with Crippen LogP contribution in [0.15, 0.2) is 23.3 Å². The van der Waals surface area contributed by atoms with Crippen molar-refractivity contribution in [3.05, 3.63) is 23.3 Å². The Morgan fingerprint density at radius 1 is 1.28 bits per heavy atom. The molecule has 0 aromatic heterocycles. The van der Waals surface area contributed by atoms with E-state index in [1.165, 1.54) is 6.08 Å². The zero-order chi connectivity index (χ0) is 22.3. The summed E-state index contributed by atoms with van der Waals surface area (Å²) >= 11 is 0. The molecule has 172 valence electrons. The van der Waals surface area contributed by atoms with Crippen molar-refractivity contribution in [2.45, 2.75) is 81.3 Å². The Labute approximate surface area is 185 Å². The van der Waals surface area contributed by atoms with Gasteiger partial charge < -0.3 is 28.8 Å². The molecule has 4 aliphatic heterocycles. The predicted molar refractivity (Wildman–Crippen MR) is 108 cm³/mol. The van der Waals surface area contributed by atoms with Gasteiger partial charge >= 0.3 is 11.9 Å². The van der Waals surface area contributed by atoms with E-state index in [1.807, 2.05) is 0 Å². The molecule has 1 N–H and O–H groups in total. The summed E-state index contributed by atoms with van der Waals surface area (Å²) in [7, 11) is 0. The first-order valence-electron chi connectivity index (χ1n) is 11.7. The average Bonchev–Trinajstić information content (AvgIpc) is 3.63. The number of ether oxygens (including phenoxy) is 5. The molecule has 8 nitrogen and oxygen atoms in total. The molecular weight excluding hydrogens is 416 g/mol. The quantitative estimate of drug-likeness (QED) is 0.388. The molecule has 0 aromatic rings. The third kappa shape index (κ3) is 1.90. The van der Waals surface area contributed by atoms with E-state index in [4.69, 9.17) is 28.8 Å². The topological polar surface area (TPSA) is 110 Å². The van der Waals surface area contributed by atoms with Crippen LogP contribution >= 0.6 is 0 Å². The molecular formula is C24H28O8. The number of hydrogen-bond acceptors (Lipinski definition) is 7. The van der Waals surface area contributed by atoms with Gasteiger partial charge in [0.1, 0.15) is 36.1 Å². The van der Waals surface area contributed by atoms with Crippen LogP contribution < -0.4 is 0 Å². The molecule has 8 heteroatoms. The summed E-state index contributed by atoms with van der Waals surface area (Å²) in [5, 5.41) is 8.95. The van der Waals surface area contributed by atoms with E-state index in [9.17, 15) is 9.59 Å². The minimum absolute atomic E-state index is 0.0395. The molecule has 32 heavy (non-hydrogen) atoms. The van der Waals surface area contributed by atoms with Gasteiger partial charge in [0, 0.05) is 17.1 Å². The van der Waals surface area contributed by atoms with E-state index < -0.39 is 22.8 Å². The highest BCUT2D eigenvalue weighted by Crippen LogP contribution is 2.83. The molecule has 0 bridgehead atoms. The number of fused-ring (bicyclic) bond motifs is 4.